The third kappa shape index (κ3) is 5.88. The van der Waals surface area contributed by atoms with Crippen molar-refractivity contribution in [1.82, 2.24) is 4.98 Å². The molecule has 11 nitrogen and oxygen atoms in total. The van der Waals surface area contributed by atoms with Gasteiger partial charge in [0.1, 0.15) is 0 Å². The molecule has 14 heteroatoms. The summed E-state index contributed by atoms with van der Waals surface area (Å²) in [4.78, 5) is 71.0. The van der Waals surface area contributed by atoms with Crippen molar-refractivity contribution in [3.8, 4) is 11.5 Å². The molecule has 0 radical (unpaired) electrons. The maximum absolute atomic E-state index is 14.2. The van der Waals surface area contributed by atoms with Gasteiger partial charge in [-0.1, -0.05) is 29.0 Å². The number of aromatic nitrogens is 1. The minimum Gasteiger partial charge on any atom is -0.490 e. The zero-order chi connectivity index (χ0) is 36.3. The molecule has 2 aliphatic heterocycles. The molecule has 7 atom stereocenters. The summed E-state index contributed by atoms with van der Waals surface area (Å²) in [5, 5.41) is 4.15. The van der Waals surface area contributed by atoms with E-state index in [0.29, 0.717) is 40.1 Å². The normalized spacial score (nSPS) is 25.4. The van der Waals surface area contributed by atoms with E-state index in [-0.39, 0.29) is 64.7 Å². The van der Waals surface area contributed by atoms with Crippen molar-refractivity contribution in [3.05, 3.63) is 97.4 Å². The summed E-state index contributed by atoms with van der Waals surface area (Å²) in [5.41, 5.74) is 2.28. The van der Waals surface area contributed by atoms with Crippen molar-refractivity contribution in [2.24, 2.45) is 29.6 Å². The Labute approximate surface area is 312 Å². The number of aromatic amines is 1. The first-order valence-electron chi connectivity index (χ1n) is 17.2. The molecule has 3 aromatic carbocycles. The van der Waals surface area contributed by atoms with Gasteiger partial charge in [0.15, 0.2) is 18.1 Å². The smallest absolute Gasteiger partial charge is 0.338 e. The molecule has 268 valence electrons. The van der Waals surface area contributed by atoms with Gasteiger partial charge in [-0.25, -0.2) is 4.79 Å². The Morgan fingerprint density at radius 1 is 0.904 bits per heavy atom. The number of amides is 3. The number of hydrogen-bond donors (Lipinski definition) is 2. The molecule has 4 aromatic rings. The van der Waals surface area contributed by atoms with E-state index in [2.05, 4.69) is 10.3 Å². The van der Waals surface area contributed by atoms with Crippen LogP contribution in [0.3, 0.4) is 0 Å². The molecular weight excluding hydrogens is 726 g/mol. The van der Waals surface area contributed by atoms with Crippen molar-refractivity contribution < 1.29 is 33.4 Å². The minimum absolute atomic E-state index is 0.0000706. The lowest BCUT2D eigenvalue weighted by molar-refractivity contribution is -0.123. The number of hydrogen-bond acceptors (Lipinski definition) is 10. The van der Waals surface area contributed by atoms with E-state index in [1.54, 1.807) is 73.3 Å². The number of benzene rings is 3. The van der Waals surface area contributed by atoms with E-state index >= 15 is 0 Å². The van der Waals surface area contributed by atoms with Crippen molar-refractivity contribution >= 4 is 69.8 Å². The van der Waals surface area contributed by atoms with Gasteiger partial charge in [-0.2, -0.15) is 0 Å². The van der Waals surface area contributed by atoms with E-state index in [1.807, 2.05) is 19.1 Å². The molecule has 2 aliphatic carbocycles. The number of thiazole rings is 1. The first kappa shape index (κ1) is 34.5. The lowest BCUT2D eigenvalue weighted by atomic mass is 9.68. The fraction of sp³-hybridized carbons (Fsp3) is 0.342. The molecule has 3 fully saturated rings. The summed E-state index contributed by atoms with van der Waals surface area (Å²) >= 11 is 8.74. The van der Waals surface area contributed by atoms with Gasteiger partial charge in [0.2, 0.25) is 11.8 Å². The Hall–Kier alpha value is -4.59. The Morgan fingerprint density at radius 2 is 1.63 bits per heavy atom. The number of nitrogens with one attached hydrogen (secondary N) is 2. The predicted octanol–water partition coefficient (Wildman–Crippen LogP) is 6.36. The van der Waals surface area contributed by atoms with E-state index < -0.39 is 17.8 Å². The Morgan fingerprint density at radius 3 is 2.35 bits per heavy atom. The molecule has 4 aliphatic rings. The molecule has 6 unspecified atom stereocenters. The van der Waals surface area contributed by atoms with Gasteiger partial charge in [-0.05, 0) is 104 Å². The van der Waals surface area contributed by atoms with Crippen LogP contribution in [0.1, 0.15) is 47.0 Å². The van der Waals surface area contributed by atoms with Crippen molar-refractivity contribution in [1.29, 1.82) is 0 Å². The summed E-state index contributed by atoms with van der Waals surface area (Å²) < 4.78 is 17.0. The zero-order valence-corrected chi connectivity index (χ0v) is 30.5. The number of carbonyl (C=O) groups excluding carboxylic acids is 4. The number of imide groups is 1. The number of anilines is 2. The number of rotatable bonds is 10. The number of H-pyrrole nitrogens is 1. The fourth-order valence-corrected chi connectivity index (χ4v) is 11.6. The van der Waals surface area contributed by atoms with Crippen LogP contribution >= 0.6 is 34.7 Å². The Bertz CT molecular complexity index is 2130. The van der Waals surface area contributed by atoms with Crippen LogP contribution in [0.25, 0.3) is 0 Å². The SMILES string of the molecule is CCOC(=O)c1ccc(N2C(=O)C3C4CC(C3C2=O)C2C4Sc3[nH]c(=O)sc3[C@@H]2c2ccc(OCC(=O)Nc3ccc(Cl)cc3)c(OCC)c2)cc1. The summed E-state index contributed by atoms with van der Waals surface area (Å²) in [6.07, 6.45) is 0.739. The van der Waals surface area contributed by atoms with Crippen LogP contribution in [0.4, 0.5) is 11.4 Å². The number of fused-ring (bicyclic) bond motifs is 9. The molecule has 2 N–H and O–H groups in total. The average Bonchev–Trinajstić information content (AvgIpc) is 3.87. The minimum atomic E-state index is -0.489. The maximum Gasteiger partial charge on any atom is 0.338 e. The van der Waals surface area contributed by atoms with Crippen LogP contribution in [-0.4, -0.2) is 53.7 Å². The molecular formula is C38H34ClN3O8S2. The average molecular weight is 760 g/mol. The maximum atomic E-state index is 14.2. The van der Waals surface area contributed by atoms with E-state index in [9.17, 15) is 24.0 Å². The van der Waals surface area contributed by atoms with Crippen LogP contribution in [0.5, 0.6) is 11.5 Å². The van der Waals surface area contributed by atoms with Crippen LogP contribution < -0.4 is 24.6 Å². The molecule has 2 bridgehead atoms. The number of ether oxygens (including phenoxy) is 3. The number of thioether (sulfide) groups is 1. The second-order valence-corrected chi connectivity index (χ2v) is 15.9. The van der Waals surface area contributed by atoms with Crippen molar-refractivity contribution in [3.63, 3.8) is 0 Å². The topological polar surface area (TPSA) is 144 Å². The first-order chi connectivity index (χ1) is 25.2. The molecule has 52 heavy (non-hydrogen) atoms. The van der Waals surface area contributed by atoms with Gasteiger partial charge in [0, 0.05) is 26.8 Å². The molecule has 3 amide bonds. The van der Waals surface area contributed by atoms with E-state index in [1.165, 1.54) is 16.2 Å². The number of halogens is 1. The summed E-state index contributed by atoms with van der Waals surface area (Å²) in [6.45, 7) is 3.94. The standard InChI is InChI=1S/C38H34ClN3O8S2/c1-3-48-26-15-19(7-14-25(26)50-17-27(43)40-21-10-8-20(39)9-11-21)28-29-23-16-24(32(29)51-34-33(28)52-38(47)41-34)31-30(23)35(44)42(36(31)45)22-12-5-18(6-13-22)37(46)49-4-2/h5-15,23-24,28-32H,3-4,16-17H2,1-2H3,(H,40,43)(H,41,47)/t23?,24?,28-,29?,30?,31?,32?/m1/s1. The largest absolute Gasteiger partial charge is 0.490 e. The van der Waals surface area contributed by atoms with Gasteiger partial charge in [-0.15, -0.1) is 11.8 Å². The monoisotopic (exact) mass is 759 g/mol. The second-order valence-electron chi connectivity index (χ2n) is 13.2. The second kappa shape index (κ2) is 13.8. The molecule has 1 aromatic heterocycles. The van der Waals surface area contributed by atoms with Crippen LogP contribution in [0.15, 0.2) is 76.6 Å². The quantitative estimate of drug-likeness (QED) is 0.139. The van der Waals surface area contributed by atoms with Gasteiger partial charge in [0.05, 0.1) is 41.3 Å². The first-order valence-corrected chi connectivity index (χ1v) is 19.2. The molecule has 3 heterocycles. The van der Waals surface area contributed by atoms with Gasteiger partial charge in [0.25, 0.3) is 5.91 Å². The lowest BCUT2D eigenvalue weighted by Crippen LogP contribution is -2.42. The molecule has 8 rings (SSSR count). The summed E-state index contributed by atoms with van der Waals surface area (Å²) in [6, 6.07) is 18.8. The van der Waals surface area contributed by atoms with Crippen molar-refractivity contribution in [2.45, 2.75) is 36.5 Å². The molecule has 0 spiro atoms. The lowest BCUT2D eigenvalue weighted by Gasteiger charge is -2.43. The predicted molar refractivity (Wildman–Crippen MR) is 197 cm³/mol. The number of esters is 1. The highest BCUT2D eigenvalue weighted by Crippen LogP contribution is 2.68. The molecule has 2 saturated carbocycles. The highest BCUT2D eigenvalue weighted by molar-refractivity contribution is 8.00. The summed E-state index contributed by atoms with van der Waals surface area (Å²) in [7, 11) is 0. The third-order valence-electron chi connectivity index (χ3n) is 10.5. The van der Waals surface area contributed by atoms with Gasteiger partial charge < -0.3 is 24.5 Å². The van der Waals surface area contributed by atoms with Gasteiger partial charge >= 0.3 is 10.8 Å². The van der Waals surface area contributed by atoms with E-state index in [0.717, 1.165) is 21.9 Å². The molecule has 1 saturated heterocycles. The van der Waals surface area contributed by atoms with Crippen LogP contribution in [0, 0.1) is 29.6 Å². The third-order valence-corrected chi connectivity index (χ3v) is 13.3. The zero-order valence-electron chi connectivity index (χ0n) is 28.1. The fourth-order valence-electron chi connectivity index (χ4n) is 8.58. The highest BCUT2D eigenvalue weighted by atomic mass is 35.5. The van der Waals surface area contributed by atoms with Crippen LogP contribution in [0.2, 0.25) is 5.02 Å². The Balaban J connectivity index is 1.08. The number of nitrogens with zero attached hydrogens (tertiary/aromatic N) is 1. The number of carbonyl (C=O) groups is 4. The summed E-state index contributed by atoms with van der Waals surface area (Å²) in [5.74, 6) is -1.75. The van der Waals surface area contributed by atoms with Gasteiger partial charge in [-0.3, -0.25) is 24.1 Å². The van der Waals surface area contributed by atoms with Crippen molar-refractivity contribution in [2.75, 3.05) is 30.0 Å². The highest BCUT2D eigenvalue weighted by Gasteiger charge is 2.69. The Kier molecular flexibility index (Phi) is 9.12. The van der Waals surface area contributed by atoms with Crippen LogP contribution in [-0.2, 0) is 19.1 Å². The van der Waals surface area contributed by atoms with E-state index in [4.69, 9.17) is 25.8 Å².